The first-order valence-electron chi connectivity index (χ1n) is 21.0. The molecule has 0 aliphatic heterocycles. The van der Waals surface area contributed by atoms with E-state index in [1.807, 2.05) is 91.0 Å². The summed E-state index contributed by atoms with van der Waals surface area (Å²) in [5.74, 6) is 0.552. The number of nitrogens with one attached hydrogen (secondary N) is 1. The summed E-state index contributed by atoms with van der Waals surface area (Å²) in [5, 5.41) is 15.9. The minimum Gasteiger partial charge on any atom is -0.452 e. The Kier molecular flexibility index (Phi) is 8.54. The van der Waals surface area contributed by atoms with Crippen molar-refractivity contribution in [2.45, 2.75) is 0 Å². The Morgan fingerprint density at radius 1 is 0.460 bits per heavy atom. The minimum absolute atomic E-state index is 0.100. The first-order chi connectivity index (χ1) is 31.2. The molecular formula is C57H36N4O2. The molecule has 0 fully saturated rings. The molecule has 6 nitrogen and oxygen atoms in total. The Hall–Kier alpha value is -8.61. The average Bonchev–Trinajstić information content (AvgIpc) is 4.03. The lowest BCUT2D eigenvalue weighted by atomic mass is 9.92. The van der Waals surface area contributed by atoms with Gasteiger partial charge in [0.15, 0.2) is 22.8 Å². The molecule has 0 bridgehead atoms. The molecule has 1 N–H and O–H groups in total. The van der Waals surface area contributed by atoms with Gasteiger partial charge < -0.3 is 13.4 Å². The highest BCUT2D eigenvalue weighted by Crippen LogP contribution is 2.46. The number of rotatable bonds is 6. The zero-order chi connectivity index (χ0) is 41.9. The number of hydrogen-bond donors (Lipinski definition) is 1. The normalized spacial score (nSPS) is 12.2. The third kappa shape index (κ3) is 6.07. The fraction of sp³-hybridized carbons (Fsp3) is 0. The van der Waals surface area contributed by atoms with Crippen molar-refractivity contribution >= 4 is 83.6 Å². The third-order valence-electron chi connectivity index (χ3n) is 11.9. The predicted octanol–water partition coefficient (Wildman–Crippen LogP) is 14.8. The van der Waals surface area contributed by atoms with Crippen LogP contribution in [0.4, 0.5) is 0 Å². The van der Waals surface area contributed by atoms with Gasteiger partial charge in [-0.15, -0.1) is 0 Å². The average molecular weight is 809 g/mol. The number of fused-ring (bicyclic) bond motifs is 11. The van der Waals surface area contributed by atoms with Gasteiger partial charge in [-0.25, -0.2) is 9.98 Å². The van der Waals surface area contributed by atoms with E-state index in [1.54, 1.807) is 6.21 Å². The van der Waals surface area contributed by atoms with Gasteiger partial charge in [0.05, 0.1) is 22.1 Å². The summed E-state index contributed by atoms with van der Waals surface area (Å²) in [6.07, 6.45) is 1.80. The standard InChI is InChI=1S/C57H36N4O2/c58-56(60-57(39-23-11-4-12-24-39)59-35-36-17-5-1-6-18-36)40-33-46(37-19-7-2-8-20-37)52(47(34-40)38-21-9-3-10-22-38)61-48-27-15-13-26-45(48)51-49(61)32-31-43-44-30-29-42-41-25-14-16-28-50(41)62-54(42)55(44)63-53(43)51/h1-35,58H/b58-56?,59-35+,60-57-. The molecule has 296 valence electrons. The molecule has 12 rings (SSSR count). The topological polar surface area (TPSA) is 79.8 Å². The summed E-state index contributed by atoms with van der Waals surface area (Å²) < 4.78 is 15.9. The number of benzene rings is 9. The quantitative estimate of drug-likeness (QED) is 0.134. The van der Waals surface area contributed by atoms with Crippen LogP contribution in [0.2, 0.25) is 0 Å². The molecule has 3 heterocycles. The number of para-hydroxylation sites is 2. The number of aromatic nitrogens is 1. The van der Waals surface area contributed by atoms with E-state index in [1.165, 1.54) is 0 Å². The van der Waals surface area contributed by atoms with Gasteiger partial charge in [-0.2, -0.15) is 0 Å². The smallest absolute Gasteiger partial charge is 0.178 e. The molecule has 9 aromatic carbocycles. The largest absolute Gasteiger partial charge is 0.452 e. The third-order valence-corrected chi connectivity index (χ3v) is 11.9. The van der Waals surface area contributed by atoms with Crippen LogP contribution in [0.3, 0.4) is 0 Å². The summed E-state index contributed by atoms with van der Waals surface area (Å²) in [4.78, 5) is 9.81. The molecule has 0 spiro atoms. The monoisotopic (exact) mass is 808 g/mol. The molecule has 0 aliphatic rings. The Balaban J connectivity index is 1.13. The van der Waals surface area contributed by atoms with Crippen molar-refractivity contribution in [2.75, 3.05) is 0 Å². The van der Waals surface area contributed by atoms with E-state index in [4.69, 9.17) is 18.8 Å². The van der Waals surface area contributed by atoms with E-state index >= 15 is 0 Å². The van der Waals surface area contributed by atoms with Gasteiger partial charge in [-0.05, 0) is 65.2 Å². The first-order valence-corrected chi connectivity index (χ1v) is 21.0. The van der Waals surface area contributed by atoms with E-state index < -0.39 is 0 Å². The summed E-state index contributed by atoms with van der Waals surface area (Å²) >= 11 is 0. The molecule has 0 amide bonds. The predicted molar refractivity (Wildman–Crippen MR) is 260 cm³/mol. The van der Waals surface area contributed by atoms with Gasteiger partial charge in [-0.3, -0.25) is 5.41 Å². The van der Waals surface area contributed by atoms with Gasteiger partial charge in [-0.1, -0.05) is 158 Å². The zero-order valence-corrected chi connectivity index (χ0v) is 33.9. The number of nitrogens with zero attached hydrogens (tertiary/aromatic N) is 3. The van der Waals surface area contributed by atoms with Gasteiger partial charge in [0.25, 0.3) is 0 Å². The van der Waals surface area contributed by atoms with Crippen LogP contribution in [0.5, 0.6) is 0 Å². The van der Waals surface area contributed by atoms with Crippen LogP contribution in [0.1, 0.15) is 16.7 Å². The van der Waals surface area contributed by atoms with Crippen LogP contribution in [0.25, 0.3) is 93.6 Å². The van der Waals surface area contributed by atoms with Crippen molar-refractivity contribution in [3.63, 3.8) is 0 Å². The highest BCUT2D eigenvalue weighted by Gasteiger charge is 2.25. The Morgan fingerprint density at radius 2 is 1.00 bits per heavy atom. The number of amidine groups is 2. The fourth-order valence-electron chi connectivity index (χ4n) is 9.06. The Labute approximate surface area is 361 Å². The molecule has 12 aromatic rings. The van der Waals surface area contributed by atoms with E-state index in [2.05, 4.69) is 120 Å². The van der Waals surface area contributed by atoms with Crippen molar-refractivity contribution in [3.8, 4) is 27.9 Å². The van der Waals surface area contributed by atoms with Crippen molar-refractivity contribution in [2.24, 2.45) is 9.98 Å². The molecule has 0 saturated carbocycles. The SMILES string of the molecule is N=C(/N=C(\N=C\c1ccccc1)c1ccccc1)c1cc(-c2ccccc2)c(-n2c3ccccc3c3c4oc5c(ccc6c7ccccc7oc65)c4ccc32)c(-c2ccccc2)c1. The van der Waals surface area contributed by atoms with Crippen molar-refractivity contribution in [3.05, 3.63) is 223 Å². The second-order valence-corrected chi connectivity index (χ2v) is 15.7. The second-order valence-electron chi connectivity index (χ2n) is 15.7. The molecule has 0 unspecified atom stereocenters. The van der Waals surface area contributed by atoms with Crippen LogP contribution >= 0.6 is 0 Å². The lowest BCUT2D eigenvalue weighted by molar-refractivity contribution is 0.635. The maximum Gasteiger partial charge on any atom is 0.178 e. The second kappa shape index (κ2) is 14.8. The van der Waals surface area contributed by atoms with E-state index in [0.717, 1.165) is 105 Å². The molecule has 0 saturated heterocycles. The summed E-state index contributed by atoms with van der Waals surface area (Å²) in [7, 11) is 0. The molecule has 3 aromatic heterocycles. The molecule has 0 aliphatic carbocycles. The fourth-order valence-corrected chi connectivity index (χ4v) is 9.06. The zero-order valence-electron chi connectivity index (χ0n) is 33.9. The number of aliphatic imine (C=N–C) groups is 2. The van der Waals surface area contributed by atoms with Crippen molar-refractivity contribution < 1.29 is 8.83 Å². The van der Waals surface area contributed by atoms with Crippen molar-refractivity contribution in [1.29, 1.82) is 5.41 Å². The lowest BCUT2D eigenvalue weighted by Gasteiger charge is -2.21. The van der Waals surface area contributed by atoms with Gasteiger partial charge in [0.1, 0.15) is 11.2 Å². The van der Waals surface area contributed by atoms with E-state index in [-0.39, 0.29) is 5.84 Å². The Morgan fingerprint density at radius 3 is 1.70 bits per heavy atom. The molecular weight excluding hydrogens is 773 g/mol. The highest BCUT2D eigenvalue weighted by atomic mass is 16.4. The van der Waals surface area contributed by atoms with Gasteiger partial charge in [0, 0.05) is 55.4 Å². The summed E-state index contributed by atoms with van der Waals surface area (Å²) in [6, 6.07) is 70.2. The van der Waals surface area contributed by atoms with Gasteiger partial charge >= 0.3 is 0 Å². The van der Waals surface area contributed by atoms with Crippen LogP contribution in [0, 0.1) is 5.41 Å². The van der Waals surface area contributed by atoms with Crippen LogP contribution in [-0.2, 0) is 0 Å². The minimum atomic E-state index is 0.100. The maximum atomic E-state index is 9.67. The van der Waals surface area contributed by atoms with Gasteiger partial charge in [0.2, 0.25) is 0 Å². The van der Waals surface area contributed by atoms with Crippen LogP contribution in [-0.4, -0.2) is 22.5 Å². The molecule has 0 radical (unpaired) electrons. The first kappa shape index (κ1) is 36.3. The molecule has 0 atom stereocenters. The lowest BCUT2D eigenvalue weighted by Crippen LogP contribution is -2.07. The van der Waals surface area contributed by atoms with Crippen molar-refractivity contribution in [1.82, 2.24) is 4.57 Å². The summed E-state index contributed by atoms with van der Waals surface area (Å²) in [5.41, 5.74) is 12.5. The Bertz CT molecular complexity index is 3720. The van der Waals surface area contributed by atoms with E-state index in [0.29, 0.717) is 11.4 Å². The number of hydrogen-bond acceptors (Lipinski definition) is 3. The number of furan rings is 2. The maximum absolute atomic E-state index is 9.67. The van der Waals surface area contributed by atoms with Crippen LogP contribution in [0.15, 0.2) is 225 Å². The molecule has 63 heavy (non-hydrogen) atoms. The van der Waals surface area contributed by atoms with Crippen LogP contribution < -0.4 is 0 Å². The molecule has 6 heteroatoms. The highest BCUT2D eigenvalue weighted by molar-refractivity contribution is 6.27. The summed E-state index contributed by atoms with van der Waals surface area (Å²) in [6.45, 7) is 0. The van der Waals surface area contributed by atoms with E-state index in [9.17, 15) is 5.41 Å².